The summed E-state index contributed by atoms with van der Waals surface area (Å²) >= 11 is 0. The Morgan fingerprint density at radius 1 is 0.548 bits per heavy atom. The van der Waals surface area contributed by atoms with E-state index in [0.29, 0.717) is 27.6 Å². The summed E-state index contributed by atoms with van der Waals surface area (Å²) in [6, 6.07) is 0. The molecule has 5 saturated carbocycles. The van der Waals surface area contributed by atoms with Gasteiger partial charge < -0.3 is 10.2 Å². The molecule has 0 heterocycles. The SMILES string of the molecule is CC1(C)CCC[C@]2(C)[C@H]3CC[C@@H]4[C@@]5(C)CC[C@@H](O)[C@@](C)(O)[C@H]5CC[C@@]4(C)[C@]3(C)CC[C@@H]12. The lowest BCUT2D eigenvalue weighted by atomic mass is 9.31. The summed E-state index contributed by atoms with van der Waals surface area (Å²) < 4.78 is 0. The van der Waals surface area contributed by atoms with Crippen molar-refractivity contribution in [3.05, 3.63) is 0 Å². The number of rotatable bonds is 0. The zero-order chi connectivity index (χ0) is 22.7. The minimum Gasteiger partial charge on any atom is -0.390 e. The van der Waals surface area contributed by atoms with Crippen LogP contribution >= 0.6 is 0 Å². The maximum atomic E-state index is 11.4. The molecule has 2 nitrogen and oxygen atoms in total. The van der Waals surface area contributed by atoms with Gasteiger partial charge in [-0.2, -0.15) is 0 Å². The minimum absolute atomic E-state index is 0.160. The van der Waals surface area contributed by atoms with Gasteiger partial charge in [0.05, 0.1) is 11.7 Å². The number of hydrogen-bond donors (Lipinski definition) is 2. The zero-order valence-corrected chi connectivity index (χ0v) is 21.6. The molecule has 0 unspecified atom stereocenters. The van der Waals surface area contributed by atoms with Crippen LogP contribution in [0.25, 0.3) is 0 Å². The number of hydrogen-bond acceptors (Lipinski definition) is 2. The minimum atomic E-state index is -0.927. The van der Waals surface area contributed by atoms with Crippen LogP contribution in [-0.2, 0) is 0 Å². The van der Waals surface area contributed by atoms with E-state index in [2.05, 4.69) is 41.5 Å². The van der Waals surface area contributed by atoms with Crippen molar-refractivity contribution in [1.82, 2.24) is 0 Å². The van der Waals surface area contributed by atoms with Gasteiger partial charge in [0.15, 0.2) is 0 Å². The standard InChI is InChI=1S/C29H50O2/c1-24(2)14-8-15-25(3)19(24)11-17-27(5)20(25)9-10-21-26(4)16-13-23(30)29(7,31)22(26)12-18-28(21,27)6/h19-23,30-31H,8-18H2,1-7H3/t19-,20+,21+,22-,23+,25-,26+,27+,28+,29-/m0/s1. The summed E-state index contributed by atoms with van der Waals surface area (Å²) in [6.07, 6.45) is 13.4. The molecular formula is C29H50O2. The molecule has 0 amide bonds. The van der Waals surface area contributed by atoms with Gasteiger partial charge in [-0.25, -0.2) is 0 Å². The molecule has 2 heteroatoms. The molecule has 5 aliphatic rings. The van der Waals surface area contributed by atoms with Gasteiger partial charge in [-0.05, 0) is 122 Å². The Morgan fingerprint density at radius 3 is 1.65 bits per heavy atom. The van der Waals surface area contributed by atoms with Crippen LogP contribution in [0.1, 0.15) is 119 Å². The van der Waals surface area contributed by atoms with Crippen LogP contribution in [0, 0.1) is 50.7 Å². The van der Waals surface area contributed by atoms with Crippen molar-refractivity contribution >= 4 is 0 Å². The third-order valence-electron chi connectivity index (χ3n) is 13.5. The first-order valence-corrected chi connectivity index (χ1v) is 13.6. The van der Waals surface area contributed by atoms with Gasteiger partial charge >= 0.3 is 0 Å². The molecule has 0 spiro atoms. The molecule has 31 heavy (non-hydrogen) atoms. The van der Waals surface area contributed by atoms with Crippen LogP contribution < -0.4 is 0 Å². The Balaban J connectivity index is 1.54. The lowest BCUT2D eigenvalue weighted by Crippen LogP contribution is -2.69. The molecule has 5 rings (SSSR count). The van der Waals surface area contributed by atoms with E-state index in [9.17, 15) is 10.2 Å². The second kappa shape index (κ2) is 6.53. The highest BCUT2D eigenvalue weighted by atomic mass is 16.3. The Bertz CT molecular complexity index is 741. The summed E-state index contributed by atoms with van der Waals surface area (Å²) in [5.74, 6) is 2.64. The quantitative estimate of drug-likeness (QED) is 0.435. The highest BCUT2D eigenvalue weighted by Gasteiger charge is 2.71. The molecule has 0 aromatic rings. The van der Waals surface area contributed by atoms with Crippen LogP contribution in [0.3, 0.4) is 0 Å². The molecular weight excluding hydrogens is 380 g/mol. The lowest BCUT2D eigenvalue weighted by molar-refractivity contribution is -0.275. The Kier molecular flexibility index (Phi) is 4.78. The van der Waals surface area contributed by atoms with Crippen molar-refractivity contribution < 1.29 is 10.2 Å². The van der Waals surface area contributed by atoms with Crippen LogP contribution in [-0.4, -0.2) is 21.9 Å². The summed E-state index contributed by atoms with van der Waals surface area (Å²) in [4.78, 5) is 0. The van der Waals surface area contributed by atoms with Crippen LogP contribution in [0.15, 0.2) is 0 Å². The fraction of sp³-hybridized carbons (Fsp3) is 1.00. The number of aliphatic hydroxyl groups excluding tert-OH is 1. The molecule has 0 aliphatic heterocycles. The fourth-order valence-electron chi connectivity index (χ4n) is 11.8. The van der Waals surface area contributed by atoms with Crippen molar-refractivity contribution in [3.63, 3.8) is 0 Å². The monoisotopic (exact) mass is 430 g/mol. The molecule has 0 aromatic heterocycles. The predicted molar refractivity (Wildman–Crippen MR) is 128 cm³/mol. The van der Waals surface area contributed by atoms with Crippen LogP contribution in [0.5, 0.6) is 0 Å². The predicted octanol–water partition coefficient (Wildman–Crippen LogP) is 6.97. The average Bonchev–Trinajstić information content (AvgIpc) is 2.65. The van der Waals surface area contributed by atoms with E-state index in [-0.39, 0.29) is 11.3 Å². The van der Waals surface area contributed by atoms with Crippen LogP contribution in [0.4, 0.5) is 0 Å². The molecule has 0 bridgehead atoms. The van der Waals surface area contributed by atoms with Gasteiger partial charge in [0.2, 0.25) is 0 Å². The lowest BCUT2D eigenvalue weighted by Gasteiger charge is -2.74. The summed E-state index contributed by atoms with van der Waals surface area (Å²) in [5.41, 5.74) is 0.985. The van der Waals surface area contributed by atoms with Gasteiger partial charge in [-0.15, -0.1) is 0 Å². The average molecular weight is 431 g/mol. The third kappa shape index (κ3) is 2.64. The van der Waals surface area contributed by atoms with Gasteiger partial charge in [0.1, 0.15) is 0 Å². The first kappa shape index (κ1) is 22.7. The molecule has 178 valence electrons. The Hall–Kier alpha value is -0.0800. The Labute approximate surface area is 192 Å². The largest absolute Gasteiger partial charge is 0.390 e. The van der Waals surface area contributed by atoms with Crippen LogP contribution in [0.2, 0.25) is 0 Å². The van der Waals surface area contributed by atoms with E-state index < -0.39 is 11.7 Å². The molecule has 0 aromatic carbocycles. The molecule has 2 N–H and O–H groups in total. The highest BCUT2D eigenvalue weighted by molar-refractivity contribution is 5.20. The molecule has 0 radical (unpaired) electrons. The van der Waals surface area contributed by atoms with E-state index in [4.69, 9.17) is 0 Å². The van der Waals surface area contributed by atoms with Gasteiger partial charge in [-0.1, -0.05) is 48.0 Å². The van der Waals surface area contributed by atoms with Gasteiger partial charge in [0, 0.05) is 0 Å². The first-order chi connectivity index (χ1) is 14.2. The summed E-state index contributed by atoms with van der Waals surface area (Å²) in [6.45, 7) is 17.6. The smallest absolute Gasteiger partial charge is 0.0910 e. The molecule has 5 fully saturated rings. The number of aliphatic hydroxyl groups is 2. The van der Waals surface area contributed by atoms with Crippen molar-refractivity contribution in [1.29, 1.82) is 0 Å². The second-order valence-electron chi connectivity index (χ2n) is 14.8. The van der Waals surface area contributed by atoms with Crippen molar-refractivity contribution in [2.75, 3.05) is 0 Å². The topological polar surface area (TPSA) is 40.5 Å². The maximum absolute atomic E-state index is 11.4. The van der Waals surface area contributed by atoms with Gasteiger partial charge in [0.25, 0.3) is 0 Å². The summed E-state index contributed by atoms with van der Waals surface area (Å²) in [5, 5.41) is 22.0. The zero-order valence-electron chi connectivity index (χ0n) is 21.6. The summed E-state index contributed by atoms with van der Waals surface area (Å²) in [7, 11) is 0. The van der Waals surface area contributed by atoms with Crippen molar-refractivity contribution in [3.8, 4) is 0 Å². The van der Waals surface area contributed by atoms with Crippen molar-refractivity contribution in [2.24, 2.45) is 50.7 Å². The van der Waals surface area contributed by atoms with Gasteiger partial charge in [-0.3, -0.25) is 0 Å². The first-order valence-electron chi connectivity index (χ1n) is 13.6. The highest BCUT2D eigenvalue weighted by Crippen LogP contribution is 2.77. The van der Waals surface area contributed by atoms with E-state index >= 15 is 0 Å². The van der Waals surface area contributed by atoms with Crippen molar-refractivity contribution in [2.45, 2.75) is 131 Å². The third-order valence-corrected chi connectivity index (χ3v) is 13.5. The molecule has 0 saturated heterocycles. The fourth-order valence-corrected chi connectivity index (χ4v) is 11.8. The maximum Gasteiger partial charge on any atom is 0.0910 e. The number of fused-ring (bicyclic) bond motifs is 7. The molecule has 10 atom stereocenters. The van der Waals surface area contributed by atoms with E-state index in [0.717, 1.165) is 31.1 Å². The van der Waals surface area contributed by atoms with E-state index in [1.54, 1.807) is 0 Å². The molecule has 5 aliphatic carbocycles. The Morgan fingerprint density at radius 2 is 1.06 bits per heavy atom. The second-order valence-corrected chi connectivity index (χ2v) is 14.8. The van der Waals surface area contributed by atoms with E-state index in [1.165, 1.54) is 51.4 Å². The van der Waals surface area contributed by atoms with E-state index in [1.807, 2.05) is 6.92 Å². The normalized spacial score (nSPS) is 60.9.